The number of hydrogen-bond acceptors (Lipinski definition) is 4. The van der Waals surface area contributed by atoms with Gasteiger partial charge in [0.2, 0.25) is 0 Å². The summed E-state index contributed by atoms with van der Waals surface area (Å²) >= 11 is 0. The Labute approximate surface area is 143 Å². The van der Waals surface area contributed by atoms with Crippen molar-refractivity contribution in [2.24, 2.45) is 0 Å². The minimum absolute atomic E-state index is 0.0584. The summed E-state index contributed by atoms with van der Waals surface area (Å²) < 4.78 is 10.8. The number of amides is 1. The van der Waals surface area contributed by atoms with E-state index in [4.69, 9.17) is 9.47 Å². The van der Waals surface area contributed by atoms with Gasteiger partial charge in [-0.3, -0.25) is 4.79 Å². The maximum absolute atomic E-state index is 12.3. The molecule has 0 bridgehead atoms. The Morgan fingerprint density at radius 1 is 1.04 bits per heavy atom. The highest BCUT2D eigenvalue weighted by molar-refractivity contribution is 5.78. The van der Waals surface area contributed by atoms with Crippen LogP contribution in [0.25, 0.3) is 0 Å². The minimum Gasteiger partial charge on any atom is -0.493 e. The van der Waals surface area contributed by atoms with Gasteiger partial charge in [-0.05, 0) is 31.8 Å². The summed E-state index contributed by atoms with van der Waals surface area (Å²) in [6.45, 7) is 0.654. The van der Waals surface area contributed by atoms with Gasteiger partial charge < -0.3 is 19.7 Å². The van der Waals surface area contributed by atoms with Gasteiger partial charge in [0.25, 0.3) is 5.91 Å². The first-order valence-corrected chi connectivity index (χ1v) is 7.85. The SMILES string of the molecule is COc1ccccc1OCC(=O)N[C@@H](CN(C)C)c1ccccc1. The molecule has 128 valence electrons. The van der Waals surface area contributed by atoms with Crippen LogP contribution in [-0.4, -0.2) is 45.2 Å². The summed E-state index contributed by atoms with van der Waals surface area (Å²) in [6.07, 6.45) is 0. The molecule has 1 atom stereocenters. The van der Waals surface area contributed by atoms with Crippen LogP contribution >= 0.6 is 0 Å². The van der Waals surface area contributed by atoms with Crippen LogP contribution in [0.4, 0.5) is 0 Å². The number of carbonyl (C=O) groups excluding carboxylic acids is 1. The second-order valence-electron chi connectivity index (χ2n) is 5.73. The van der Waals surface area contributed by atoms with Crippen molar-refractivity contribution < 1.29 is 14.3 Å². The third-order valence-corrected chi connectivity index (χ3v) is 3.51. The Bertz CT molecular complexity index is 644. The standard InChI is InChI=1S/C19H24N2O3/c1-21(2)13-16(15-9-5-4-6-10-15)20-19(22)14-24-18-12-8-7-11-17(18)23-3/h4-12,16H,13-14H2,1-3H3,(H,20,22)/t16-/m0/s1. The lowest BCUT2D eigenvalue weighted by atomic mass is 10.1. The number of rotatable bonds is 8. The normalized spacial score (nSPS) is 11.8. The van der Waals surface area contributed by atoms with Gasteiger partial charge in [-0.1, -0.05) is 42.5 Å². The lowest BCUT2D eigenvalue weighted by Gasteiger charge is -2.23. The van der Waals surface area contributed by atoms with Crippen LogP contribution in [0.5, 0.6) is 11.5 Å². The van der Waals surface area contributed by atoms with E-state index in [-0.39, 0.29) is 18.6 Å². The molecule has 2 aromatic rings. The lowest BCUT2D eigenvalue weighted by molar-refractivity contribution is -0.124. The van der Waals surface area contributed by atoms with Crippen molar-refractivity contribution in [3.8, 4) is 11.5 Å². The number of hydrogen-bond donors (Lipinski definition) is 1. The monoisotopic (exact) mass is 328 g/mol. The zero-order valence-electron chi connectivity index (χ0n) is 14.4. The summed E-state index contributed by atoms with van der Waals surface area (Å²) in [4.78, 5) is 14.3. The molecule has 5 heteroatoms. The molecule has 0 unspecified atom stereocenters. The number of ether oxygens (including phenoxy) is 2. The fourth-order valence-corrected chi connectivity index (χ4v) is 2.40. The Kier molecular flexibility index (Phi) is 6.63. The summed E-state index contributed by atoms with van der Waals surface area (Å²) in [7, 11) is 5.53. The van der Waals surface area contributed by atoms with Crippen molar-refractivity contribution in [3.63, 3.8) is 0 Å². The van der Waals surface area contributed by atoms with E-state index < -0.39 is 0 Å². The lowest BCUT2D eigenvalue weighted by Crippen LogP contribution is -2.37. The summed E-state index contributed by atoms with van der Waals surface area (Å²) in [5, 5.41) is 3.03. The first kappa shape index (κ1) is 17.8. The van der Waals surface area contributed by atoms with Crippen molar-refractivity contribution in [3.05, 3.63) is 60.2 Å². The summed E-state index contributed by atoms with van der Waals surface area (Å²) in [5.74, 6) is 0.994. The first-order chi connectivity index (χ1) is 11.6. The molecule has 0 aromatic heterocycles. The maximum atomic E-state index is 12.3. The van der Waals surface area contributed by atoms with E-state index in [1.54, 1.807) is 19.2 Å². The second-order valence-corrected chi connectivity index (χ2v) is 5.73. The van der Waals surface area contributed by atoms with Crippen molar-refractivity contribution in [2.75, 3.05) is 34.4 Å². The van der Waals surface area contributed by atoms with Crippen LogP contribution in [0.15, 0.2) is 54.6 Å². The van der Waals surface area contributed by atoms with Crippen LogP contribution in [0, 0.1) is 0 Å². The molecule has 2 aromatic carbocycles. The highest BCUT2D eigenvalue weighted by Crippen LogP contribution is 2.25. The van der Waals surface area contributed by atoms with Gasteiger partial charge in [0, 0.05) is 6.54 Å². The van der Waals surface area contributed by atoms with Gasteiger partial charge in [0.1, 0.15) is 0 Å². The van der Waals surface area contributed by atoms with E-state index in [0.29, 0.717) is 18.0 Å². The molecule has 0 saturated heterocycles. The predicted molar refractivity (Wildman–Crippen MR) is 94.4 cm³/mol. The molecule has 0 aliphatic rings. The Hall–Kier alpha value is -2.53. The minimum atomic E-state index is -0.170. The van der Waals surface area contributed by atoms with E-state index >= 15 is 0 Å². The van der Waals surface area contributed by atoms with Gasteiger partial charge in [-0.2, -0.15) is 0 Å². The number of nitrogens with one attached hydrogen (secondary N) is 1. The van der Waals surface area contributed by atoms with Gasteiger partial charge >= 0.3 is 0 Å². The number of nitrogens with zero attached hydrogens (tertiary/aromatic N) is 1. The molecular formula is C19H24N2O3. The van der Waals surface area contributed by atoms with Crippen LogP contribution in [0.2, 0.25) is 0 Å². The maximum Gasteiger partial charge on any atom is 0.258 e. The second kappa shape index (κ2) is 8.93. The molecule has 0 aliphatic carbocycles. The molecule has 1 amide bonds. The Balaban J connectivity index is 1.97. The van der Waals surface area contributed by atoms with Crippen LogP contribution in [0.3, 0.4) is 0 Å². The third-order valence-electron chi connectivity index (χ3n) is 3.51. The number of likely N-dealkylation sites (N-methyl/N-ethyl adjacent to an activating group) is 1. The average molecular weight is 328 g/mol. The number of carbonyl (C=O) groups is 1. The van der Waals surface area contributed by atoms with Crippen LogP contribution in [0.1, 0.15) is 11.6 Å². The molecule has 0 radical (unpaired) electrons. The van der Waals surface area contributed by atoms with Crippen molar-refractivity contribution in [1.29, 1.82) is 0 Å². The van der Waals surface area contributed by atoms with Crippen LogP contribution < -0.4 is 14.8 Å². The fourth-order valence-electron chi connectivity index (χ4n) is 2.40. The molecule has 0 spiro atoms. The molecule has 2 rings (SSSR count). The molecule has 0 aliphatic heterocycles. The number of para-hydroxylation sites is 2. The van der Waals surface area contributed by atoms with E-state index in [0.717, 1.165) is 5.56 Å². The van der Waals surface area contributed by atoms with E-state index in [9.17, 15) is 4.79 Å². The highest BCUT2D eigenvalue weighted by atomic mass is 16.5. The van der Waals surface area contributed by atoms with Gasteiger partial charge in [0.05, 0.1) is 13.2 Å². The smallest absolute Gasteiger partial charge is 0.258 e. The molecular weight excluding hydrogens is 304 g/mol. The van der Waals surface area contributed by atoms with Gasteiger partial charge in [-0.15, -0.1) is 0 Å². The van der Waals surface area contributed by atoms with Crippen LogP contribution in [-0.2, 0) is 4.79 Å². The molecule has 1 N–H and O–H groups in total. The van der Waals surface area contributed by atoms with E-state index in [2.05, 4.69) is 5.32 Å². The summed E-state index contributed by atoms with van der Waals surface area (Å²) in [6, 6.07) is 17.1. The third kappa shape index (κ3) is 5.28. The van der Waals surface area contributed by atoms with Crippen molar-refractivity contribution in [2.45, 2.75) is 6.04 Å². The molecule has 5 nitrogen and oxygen atoms in total. The Morgan fingerprint density at radius 3 is 2.29 bits per heavy atom. The number of benzene rings is 2. The topological polar surface area (TPSA) is 50.8 Å². The zero-order chi connectivity index (χ0) is 17.4. The number of methoxy groups -OCH3 is 1. The predicted octanol–water partition coefficient (Wildman–Crippen LogP) is 2.49. The first-order valence-electron chi connectivity index (χ1n) is 7.85. The Morgan fingerprint density at radius 2 is 1.67 bits per heavy atom. The van der Waals surface area contributed by atoms with Gasteiger partial charge in [-0.25, -0.2) is 0 Å². The fraction of sp³-hybridized carbons (Fsp3) is 0.316. The molecule has 0 fully saturated rings. The highest BCUT2D eigenvalue weighted by Gasteiger charge is 2.16. The van der Waals surface area contributed by atoms with E-state index in [1.165, 1.54) is 0 Å². The van der Waals surface area contributed by atoms with Crippen molar-refractivity contribution >= 4 is 5.91 Å². The van der Waals surface area contributed by atoms with Crippen molar-refractivity contribution in [1.82, 2.24) is 10.2 Å². The molecule has 24 heavy (non-hydrogen) atoms. The quantitative estimate of drug-likeness (QED) is 0.809. The summed E-state index contributed by atoms with van der Waals surface area (Å²) in [5.41, 5.74) is 1.07. The average Bonchev–Trinajstić information content (AvgIpc) is 2.60. The molecule has 0 saturated carbocycles. The largest absolute Gasteiger partial charge is 0.493 e. The zero-order valence-corrected chi connectivity index (χ0v) is 14.4. The van der Waals surface area contributed by atoms with E-state index in [1.807, 2.05) is 61.5 Å². The van der Waals surface area contributed by atoms with Gasteiger partial charge in [0.15, 0.2) is 18.1 Å². The molecule has 0 heterocycles.